The van der Waals surface area contributed by atoms with Gasteiger partial charge in [0.2, 0.25) is 5.91 Å². The number of halogens is 2. The molecule has 1 aliphatic rings. The minimum absolute atomic E-state index is 0.0455. The number of carbonyl (C=O) groups is 2. The Bertz CT molecular complexity index is 789. The van der Waals surface area contributed by atoms with Crippen LogP contribution in [-0.4, -0.2) is 41.0 Å². The fourth-order valence-electron chi connectivity index (χ4n) is 2.58. The fraction of sp³-hybridized carbons (Fsp3) is 0.222. The van der Waals surface area contributed by atoms with Crippen LogP contribution >= 0.6 is 11.8 Å². The van der Waals surface area contributed by atoms with Gasteiger partial charge in [-0.1, -0.05) is 24.3 Å². The molecule has 136 valence electrons. The van der Waals surface area contributed by atoms with E-state index in [1.54, 1.807) is 30.3 Å². The number of nitrogens with zero attached hydrogens (tertiary/aromatic N) is 1. The molecule has 2 amide bonds. The fourth-order valence-corrected chi connectivity index (χ4v) is 3.74. The molecule has 2 aromatic carbocycles. The smallest absolute Gasteiger partial charge is 0.387 e. The number of thioether (sulfide) groups is 1. The Morgan fingerprint density at radius 2 is 1.92 bits per heavy atom. The molecular formula is C18H16F2N2O3S. The van der Waals surface area contributed by atoms with E-state index < -0.39 is 12.7 Å². The third-order valence-electron chi connectivity index (χ3n) is 3.79. The van der Waals surface area contributed by atoms with Crippen molar-refractivity contribution in [2.45, 2.75) is 12.7 Å². The molecule has 1 aliphatic heterocycles. The lowest BCUT2D eigenvalue weighted by Gasteiger charge is -2.23. The van der Waals surface area contributed by atoms with E-state index >= 15 is 0 Å². The molecule has 0 spiro atoms. The minimum Gasteiger partial charge on any atom is -0.435 e. The van der Waals surface area contributed by atoms with Crippen molar-refractivity contribution in [1.29, 1.82) is 0 Å². The summed E-state index contributed by atoms with van der Waals surface area (Å²) in [7, 11) is 0. The first-order valence-corrected chi connectivity index (χ1v) is 8.99. The average molecular weight is 378 g/mol. The Kier molecular flexibility index (Phi) is 5.72. The van der Waals surface area contributed by atoms with Gasteiger partial charge in [-0.25, -0.2) is 0 Å². The van der Waals surface area contributed by atoms with Crippen molar-refractivity contribution in [2.75, 3.05) is 16.9 Å². The lowest BCUT2D eigenvalue weighted by molar-refractivity contribution is -0.119. The molecule has 1 atom stereocenters. The lowest BCUT2D eigenvalue weighted by Crippen LogP contribution is -2.44. The first-order valence-electron chi connectivity index (χ1n) is 7.84. The molecule has 0 aliphatic carbocycles. The first kappa shape index (κ1) is 18.2. The van der Waals surface area contributed by atoms with Crippen LogP contribution in [0.1, 0.15) is 10.4 Å². The van der Waals surface area contributed by atoms with E-state index in [-0.39, 0.29) is 17.6 Å². The van der Waals surface area contributed by atoms with E-state index in [1.165, 1.54) is 34.9 Å². The van der Waals surface area contributed by atoms with E-state index in [0.29, 0.717) is 22.9 Å². The van der Waals surface area contributed by atoms with Crippen molar-refractivity contribution >= 4 is 29.3 Å². The molecule has 0 bridgehead atoms. The van der Waals surface area contributed by atoms with Crippen molar-refractivity contribution in [2.24, 2.45) is 0 Å². The maximum Gasteiger partial charge on any atom is 0.387 e. The zero-order valence-electron chi connectivity index (χ0n) is 13.6. The largest absolute Gasteiger partial charge is 0.435 e. The molecule has 0 radical (unpaired) electrons. The Morgan fingerprint density at radius 1 is 1.15 bits per heavy atom. The van der Waals surface area contributed by atoms with Gasteiger partial charge < -0.3 is 15.0 Å². The average Bonchev–Trinajstić information content (AvgIpc) is 3.11. The first-order chi connectivity index (χ1) is 12.5. The molecule has 1 fully saturated rings. The molecule has 2 aromatic rings. The van der Waals surface area contributed by atoms with E-state index in [4.69, 9.17) is 0 Å². The molecule has 5 nitrogen and oxygen atoms in total. The van der Waals surface area contributed by atoms with Gasteiger partial charge in [0.15, 0.2) is 0 Å². The summed E-state index contributed by atoms with van der Waals surface area (Å²) in [5.41, 5.74) is 0.845. The lowest BCUT2D eigenvalue weighted by atomic mass is 10.1. The monoisotopic (exact) mass is 378 g/mol. The summed E-state index contributed by atoms with van der Waals surface area (Å²) in [6.07, 6.45) is 0. The van der Waals surface area contributed by atoms with Crippen molar-refractivity contribution < 1.29 is 23.1 Å². The van der Waals surface area contributed by atoms with Crippen LogP contribution in [0.3, 0.4) is 0 Å². The Morgan fingerprint density at radius 3 is 2.65 bits per heavy atom. The maximum absolute atomic E-state index is 12.6. The predicted molar refractivity (Wildman–Crippen MR) is 95.4 cm³/mol. The Labute approximate surface area is 153 Å². The number of hydrogen-bond acceptors (Lipinski definition) is 4. The summed E-state index contributed by atoms with van der Waals surface area (Å²) in [5.74, 6) is 0.257. The van der Waals surface area contributed by atoms with Gasteiger partial charge in [-0.2, -0.15) is 8.78 Å². The van der Waals surface area contributed by atoms with Crippen molar-refractivity contribution in [3.63, 3.8) is 0 Å². The molecule has 1 unspecified atom stereocenters. The Hall–Kier alpha value is -2.61. The number of benzene rings is 2. The van der Waals surface area contributed by atoms with Gasteiger partial charge in [0.25, 0.3) is 5.91 Å². The molecule has 3 rings (SSSR count). The second-order valence-electron chi connectivity index (χ2n) is 5.55. The van der Waals surface area contributed by atoms with Crippen LogP contribution < -0.4 is 10.1 Å². The SMILES string of the molecule is O=C(Nc1cccc(OC(F)F)c1)C1CSCN1C(=O)c1ccccc1. The van der Waals surface area contributed by atoms with Gasteiger partial charge in [0.05, 0.1) is 5.88 Å². The zero-order chi connectivity index (χ0) is 18.5. The zero-order valence-corrected chi connectivity index (χ0v) is 14.4. The number of carbonyl (C=O) groups excluding carboxylic acids is 2. The van der Waals surface area contributed by atoms with Crippen LogP contribution in [-0.2, 0) is 4.79 Å². The van der Waals surface area contributed by atoms with Gasteiger partial charge in [-0.3, -0.25) is 9.59 Å². The molecule has 0 saturated carbocycles. The molecule has 8 heteroatoms. The summed E-state index contributed by atoms with van der Waals surface area (Å²) in [6, 6.07) is 13.9. The number of nitrogens with one attached hydrogen (secondary N) is 1. The van der Waals surface area contributed by atoms with Crippen molar-refractivity contribution in [3.05, 3.63) is 60.2 Å². The molecular weight excluding hydrogens is 362 g/mol. The van der Waals surface area contributed by atoms with Crippen molar-refractivity contribution in [3.8, 4) is 5.75 Å². The molecule has 1 saturated heterocycles. The second-order valence-corrected chi connectivity index (χ2v) is 6.55. The summed E-state index contributed by atoms with van der Waals surface area (Å²) in [5, 5.41) is 2.66. The normalized spacial score (nSPS) is 16.6. The Balaban J connectivity index is 1.70. The van der Waals surface area contributed by atoms with E-state index in [1.807, 2.05) is 6.07 Å². The van der Waals surface area contributed by atoms with Gasteiger partial charge in [-0.05, 0) is 24.3 Å². The second kappa shape index (κ2) is 8.18. The minimum atomic E-state index is -2.94. The highest BCUT2D eigenvalue weighted by Gasteiger charge is 2.35. The number of rotatable bonds is 5. The quantitative estimate of drug-likeness (QED) is 0.866. The van der Waals surface area contributed by atoms with E-state index in [9.17, 15) is 18.4 Å². The number of amides is 2. The van der Waals surface area contributed by atoms with Crippen molar-refractivity contribution in [1.82, 2.24) is 4.90 Å². The van der Waals surface area contributed by atoms with Crippen LogP contribution in [0.25, 0.3) is 0 Å². The highest BCUT2D eigenvalue weighted by molar-refractivity contribution is 7.99. The van der Waals surface area contributed by atoms with Gasteiger partial charge in [-0.15, -0.1) is 11.8 Å². The predicted octanol–water partition coefficient (Wildman–Crippen LogP) is 3.44. The summed E-state index contributed by atoms with van der Waals surface area (Å²) >= 11 is 1.48. The van der Waals surface area contributed by atoms with Crippen LogP contribution in [0.5, 0.6) is 5.75 Å². The highest BCUT2D eigenvalue weighted by Crippen LogP contribution is 2.25. The molecule has 0 aromatic heterocycles. The van der Waals surface area contributed by atoms with Gasteiger partial charge in [0, 0.05) is 23.1 Å². The topological polar surface area (TPSA) is 58.6 Å². The number of hydrogen-bond donors (Lipinski definition) is 1. The summed E-state index contributed by atoms with van der Waals surface area (Å²) in [4.78, 5) is 26.7. The summed E-state index contributed by atoms with van der Waals surface area (Å²) in [6.45, 7) is -2.94. The molecule has 1 heterocycles. The summed E-state index contributed by atoms with van der Waals surface area (Å²) < 4.78 is 28.9. The maximum atomic E-state index is 12.6. The van der Waals surface area contributed by atoms with Crippen LogP contribution in [0, 0.1) is 0 Å². The number of alkyl halides is 2. The standard InChI is InChI=1S/C18H16F2N2O3S/c19-18(20)25-14-8-4-7-13(9-14)21-16(23)15-10-26-11-22(15)17(24)12-5-2-1-3-6-12/h1-9,15,18H,10-11H2,(H,21,23). The number of ether oxygens (including phenoxy) is 1. The third-order valence-corrected chi connectivity index (χ3v) is 4.81. The van der Waals surface area contributed by atoms with E-state index in [2.05, 4.69) is 10.1 Å². The molecule has 26 heavy (non-hydrogen) atoms. The van der Waals surface area contributed by atoms with E-state index in [0.717, 1.165) is 0 Å². The van der Waals surface area contributed by atoms with Gasteiger partial charge in [0.1, 0.15) is 11.8 Å². The molecule has 1 N–H and O–H groups in total. The van der Waals surface area contributed by atoms with Crippen LogP contribution in [0.15, 0.2) is 54.6 Å². The number of anilines is 1. The van der Waals surface area contributed by atoms with Crippen LogP contribution in [0.4, 0.5) is 14.5 Å². The highest BCUT2D eigenvalue weighted by atomic mass is 32.2. The van der Waals surface area contributed by atoms with Crippen LogP contribution in [0.2, 0.25) is 0 Å². The third kappa shape index (κ3) is 4.32. The van der Waals surface area contributed by atoms with Gasteiger partial charge >= 0.3 is 6.61 Å².